The normalized spacial score (nSPS) is 13.5. The number of amides is 1. The van der Waals surface area contributed by atoms with Crippen molar-refractivity contribution in [3.63, 3.8) is 0 Å². The Balaban J connectivity index is 2.66. The van der Waals surface area contributed by atoms with E-state index >= 15 is 0 Å². The van der Waals surface area contributed by atoms with Crippen molar-refractivity contribution in [2.45, 2.75) is 26.1 Å². The highest BCUT2D eigenvalue weighted by atomic mass is 35.5. The Morgan fingerprint density at radius 2 is 1.84 bits per heavy atom. The van der Waals surface area contributed by atoms with Crippen LogP contribution in [0.4, 0.5) is 0 Å². The molecule has 19 heavy (non-hydrogen) atoms. The van der Waals surface area contributed by atoms with Crippen molar-refractivity contribution in [2.24, 2.45) is 5.73 Å². The Bertz CT molecular complexity index is 493. The number of rotatable bonds is 5. The van der Waals surface area contributed by atoms with E-state index in [9.17, 15) is 9.59 Å². The van der Waals surface area contributed by atoms with Crippen LogP contribution in [0, 0.1) is 0 Å². The fourth-order valence-corrected chi connectivity index (χ4v) is 1.59. The molecule has 1 amide bonds. The van der Waals surface area contributed by atoms with Gasteiger partial charge in [0.05, 0.1) is 5.02 Å². The smallest absolute Gasteiger partial charge is 0.347 e. The third-order valence-electron chi connectivity index (χ3n) is 2.22. The third kappa shape index (κ3) is 4.61. The van der Waals surface area contributed by atoms with Crippen molar-refractivity contribution in [1.82, 2.24) is 0 Å². The molecule has 2 atom stereocenters. The van der Waals surface area contributed by atoms with Crippen molar-refractivity contribution in [3.8, 4) is 5.75 Å². The van der Waals surface area contributed by atoms with Crippen LogP contribution in [0.2, 0.25) is 10.0 Å². The first kappa shape index (κ1) is 15.6. The van der Waals surface area contributed by atoms with Gasteiger partial charge in [0.1, 0.15) is 5.75 Å². The second-order valence-electron chi connectivity index (χ2n) is 3.82. The lowest BCUT2D eigenvalue weighted by atomic mass is 10.3. The molecule has 0 aliphatic rings. The number of hydrogen-bond acceptors (Lipinski definition) is 4. The van der Waals surface area contributed by atoms with E-state index in [1.807, 2.05) is 0 Å². The fourth-order valence-electron chi connectivity index (χ4n) is 1.14. The second kappa shape index (κ2) is 6.63. The molecule has 0 heterocycles. The molecule has 0 fully saturated rings. The van der Waals surface area contributed by atoms with Crippen LogP contribution < -0.4 is 10.5 Å². The fraction of sp³-hybridized carbons (Fsp3) is 0.333. The van der Waals surface area contributed by atoms with Crippen LogP contribution in [-0.2, 0) is 14.3 Å². The summed E-state index contributed by atoms with van der Waals surface area (Å²) in [7, 11) is 0. The van der Waals surface area contributed by atoms with E-state index in [1.165, 1.54) is 26.0 Å². The van der Waals surface area contributed by atoms with E-state index in [-0.39, 0.29) is 5.02 Å². The highest BCUT2D eigenvalue weighted by molar-refractivity contribution is 6.35. The minimum atomic E-state index is -1.01. The summed E-state index contributed by atoms with van der Waals surface area (Å²) >= 11 is 11.6. The van der Waals surface area contributed by atoms with Crippen molar-refractivity contribution in [2.75, 3.05) is 0 Å². The van der Waals surface area contributed by atoms with Crippen LogP contribution in [0.1, 0.15) is 13.8 Å². The molecule has 1 rings (SSSR count). The van der Waals surface area contributed by atoms with Gasteiger partial charge in [-0.25, -0.2) is 4.79 Å². The van der Waals surface area contributed by atoms with Gasteiger partial charge in [-0.1, -0.05) is 23.2 Å². The SMILES string of the molecule is C[C@H](OC(=O)[C@H](C)Oc1ccc(Cl)cc1Cl)C(N)=O. The monoisotopic (exact) mass is 305 g/mol. The Kier molecular flexibility index (Phi) is 5.44. The summed E-state index contributed by atoms with van der Waals surface area (Å²) in [4.78, 5) is 22.4. The quantitative estimate of drug-likeness (QED) is 0.846. The van der Waals surface area contributed by atoms with E-state index in [4.69, 9.17) is 38.4 Å². The summed E-state index contributed by atoms with van der Waals surface area (Å²) in [6.45, 7) is 2.85. The van der Waals surface area contributed by atoms with Gasteiger partial charge >= 0.3 is 5.97 Å². The summed E-state index contributed by atoms with van der Waals surface area (Å²) < 4.78 is 10.1. The number of hydrogen-bond donors (Lipinski definition) is 1. The van der Waals surface area contributed by atoms with Crippen molar-refractivity contribution in [1.29, 1.82) is 0 Å². The summed E-state index contributed by atoms with van der Waals surface area (Å²) in [5, 5.41) is 0.727. The predicted octanol–water partition coefficient (Wildman–Crippen LogP) is 2.18. The van der Waals surface area contributed by atoms with E-state index in [0.717, 1.165) is 0 Å². The highest BCUT2D eigenvalue weighted by Crippen LogP contribution is 2.28. The number of esters is 1. The minimum absolute atomic E-state index is 0.273. The Hall–Kier alpha value is -1.46. The molecular weight excluding hydrogens is 293 g/mol. The molecule has 1 aromatic carbocycles. The van der Waals surface area contributed by atoms with E-state index in [0.29, 0.717) is 10.8 Å². The predicted molar refractivity (Wildman–Crippen MR) is 71.3 cm³/mol. The van der Waals surface area contributed by atoms with E-state index in [1.54, 1.807) is 6.07 Å². The van der Waals surface area contributed by atoms with Crippen LogP contribution in [0.25, 0.3) is 0 Å². The highest BCUT2D eigenvalue weighted by Gasteiger charge is 2.22. The molecule has 0 saturated carbocycles. The lowest BCUT2D eigenvalue weighted by molar-refractivity contribution is -0.159. The Labute approximate surface area is 120 Å². The van der Waals surface area contributed by atoms with E-state index in [2.05, 4.69) is 0 Å². The summed E-state index contributed by atoms with van der Waals surface area (Å²) in [5.74, 6) is -1.15. The Morgan fingerprint density at radius 3 is 2.37 bits per heavy atom. The second-order valence-corrected chi connectivity index (χ2v) is 4.66. The summed E-state index contributed by atoms with van der Waals surface area (Å²) in [5.41, 5.74) is 4.98. The van der Waals surface area contributed by atoms with Crippen LogP contribution in [-0.4, -0.2) is 24.1 Å². The molecule has 2 N–H and O–H groups in total. The van der Waals surface area contributed by atoms with Gasteiger partial charge in [-0.05, 0) is 32.0 Å². The topological polar surface area (TPSA) is 78.6 Å². The minimum Gasteiger partial charge on any atom is -0.477 e. The number of carbonyl (C=O) groups excluding carboxylic acids is 2. The molecule has 104 valence electrons. The van der Waals surface area contributed by atoms with Crippen molar-refractivity contribution >= 4 is 35.1 Å². The number of carbonyl (C=O) groups is 2. The molecular formula is C12H13Cl2NO4. The summed E-state index contributed by atoms with van der Waals surface area (Å²) in [6, 6.07) is 4.60. The molecule has 0 unspecified atom stereocenters. The van der Waals surface area contributed by atoms with Crippen molar-refractivity contribution in [3.05, 3.63) is 28.2 Å². The maximum Gasteiger partial charge on any atom is 0.347 e. The summed E-state index contributed by atoms with van der Waals surface area (Å²) in [6.07, 6.45) is -1.94. The zero-order valence-corrected chi connectivity index (χ0v) is 11.9. The number of nitrogens with two attached hydrogens (primary N) is 1. The molecule has 0 bridgehead atoms. The largest absolute Gasteiger partial charge is 0.477 e. The standard InChI is InChI=1S/C12H13Cl2NO4/c1-6(11(15)16)19-12(17)7(2)18-10-4-3-8(13)5-9(10)14/h3-7H,1-2H3,(H2,15,16)/t6-,7-/m0/s1. The third-order valence-corrected chi connectivity index (χ3v) is 2.75. The zero-order valence-electron chi connectivity index (χ0n) is 10.4. The first-order valence-electron chi connectivity index (χ1n) is 5.42. The molecule has 0 spiro atoms. The Morgan fingerprint density at radius 1 is 1.21 bits per heavy atom. The molecule has 0 aliphatic heterocycles. The van der Waals surface area contributed by atoms with Gasteiger partial charge in [0, 0.05) is 5.02 Å². The molecule has 5 nitrogen and oxygen atoms in total. The van der Waals surface area contributed by atoms with Crippen molar-refractivity contribution < 1.29 is 19.1 Å². The van der Waals surface area contributed by atoms with Gasteiger partial charge in [0.2, 0.25) is 0 Å². The maximum atomic E-state index is 11.6. The molecule has 0 aliphatic carbocycles. The average molecular weight is 306 g/mol. The van der Waals surface area contributed by atoms with Gasteiger partial charge in [0.25, 0.3) is 5.91 Å². The molecule has 0 radical (unpaired) electrons. The van der Waals surface area contributed by atoms with Crippen LogP contribution in [0.5, 0.6) is 5.75 Å². The van der Waals surface area contributed by atoms with Gasteiger partial charge < -0.3 is 15.2 Å². The maximum absolute atomic E-state index is 11.6. The molecule has 0 saturated heterocycles. The molecule has 0 aromatic heterocycles. The lowest BCUT2D eigenvalue weighted by Gasteiger charge is -2.16. The molecule has 7 heteroatoms. The first-order chi connectivity index (χ1) is 8.81. The number of benzene rings is 1. The van der Waals surface area contributed by atoms with Crippen LogP contribution in [0.15, 0.2) is 18.2 Å². The van der Waals surface area contributed by atoms with Crippen LogP contribution >= 0.6 is 23.2 Å². The molecule has 1 aromatic rings. The first-order valence-corrected chi connectivity index (χ1v) is 6.18. The van der Waals surface area contributed by atoms with Gasteiger partial charge in [-0.2, -0.15) is 0 Å². The average Bonchev–Trinajstić information content (AvgIpc) is 2.32. The van der Waals surface area contributed by atoms with E-state index < -0.39 is 24.1 Å². The van der Waals surface area contributed by atoms with Gasteiger partial charge in [0.15, 0.2) is 12.2 Å². The zero-order chi connectivity index (χ0) is 14.6. The van der Waals surface area contributed by atoms with Gasteiger partial charge in [-0.15, -0.1) is 0 Å². The van der Waals surface area contributed by atoms with Crippen LogP contribution in [0.3, 0.4) is 0 Å². The number of halogens is 2. The number of ether oxygens (including phenoxy) is 2. The number of primary amides is 1. The lowest BCUT2D eigenvalue weighted by Crippen LogP contribution is -2.35. The van der Waals surface area contributed by atoms with Gasteiger partial charge in [-0.3, -0.25) is 4.79 Å².